The highest BCUT2D eigenvalue weighted by Gasteiger charge is 2.54. The number of imidazole rings is 1. The van der Waals surface area contributed by atoms with Crippen LogP contribution in [0.5, 0.6) is 0 Å². The molecule has 0 radical (unpaired) electrons. The molecule has 3 nitrogen and oxygen atoms in total. The van der Waals surface area contributed by atoms with E-state index in [4.69, 9.17) is 0 Å². The molecule has 0 amide bonds. The molecule has 4 aliphatic rings. The second kappa shape index (κ2) is 5.20. The molecule has 2 saturated carbocycles. The largest absolute Gasteiger partial charge is 0.393 e. The Hall–Kier alpha value is -1.61. The van der Waals surface area contributed by atoms with Crippen LogP contribution in [-0.4, -0.2) is 20.8 Å². The Morgan fingerprint density at radius 3 is 2.88 bits per heavy atom. The van der Waals surface area contributed by atoms with Crippen LogP contribution in [0, 0.1) is 22.7 Å². The van der Waals surface area contributed by atoms with Crippen molar-refractivity contribution in [3.8, 4) is 0 Å². The van der Waals surface area contributed by atoms with Crippen molar-refractivity contribution in [3.05, 3.63) is 48.1 Å². The molecule has 0 bridgehead atoms. The lowest BCUT2D eigenvalue weighted by atomic mass is 9.49. The van der Waals surface area contributed by atoms with Gasteiger partial charge in [0.05, 0.1) is 12.4 Å². The van der Waals surface area contributed by atoms with Gasteiger partial charge in [-0.25, -0.2) is 4.98 Å². The van der Waals surface area contributed by atoms with Crippen LogP contribution in [0.15, 0.2) is 48.1 Å². The van der Waals surface area contributed by atoms with E-state index in [1.807, 2.05) is 12.5 Å². The summed E-state index contributed by atoms with van der Waals surface area (Å²) in [6, 6.07) is 0. The lowest BCUT2D eigenvalue weighted by molar-refractivity contribution is 0.0364. The van der Waals surface area contributed by atoms with E-state index >= 15 is 0 Å². The lowest BCUT2D eigenvalue weighted by Gasteiger charge is -2.55. The summed E-state index contributed by atoms with van der Waals surface area (Å²) in [6.07, 6.45) is 19.6. The zero-order valence-corrected chi connectivity index (χ0v) is 15.3. The standard InChI is InChI=1S/C22H28N2O/c1-21-9-7-16(25)13-15(21)3-4-17-18-5-6-20(24-12-11-23-14-24)22(18,2)10-8-19(17)21/h3,5-6,11-12,14,16-17,19,25H,4,7-10,13H2,1-2H3. The summed E-state index contributed by atoms with van der Waals surface area (Å²) >= 11 is 0. The molecule has 1 N–H and O–H groups in total. The predicted molar refractivity (Wildman–Crippen MR) is 99.6 cm³/mol. The smallest absolute Gasteiger partial charge is 0.0989 e. The van der Waals surface area contributed by atoms with Gasteiger partial charge in [0.1, 0.15) is 0 Å². The highest BCUT2D eigenvalue weighted by molar-refractivity contribution is 5.66. The van der Waals surface area contributed by atoms with Crippen molar-refractivity contribution >= 4 is 5.70 Å². The van der Waals surface area contributed by atoms with Crippen molar-refractivity contribution in [3.63, 3.8) is 0 Å². The molecule has 5 rings (SSSR count). The molecule has 0 saturated heterocycles. The first-order valence-corrected chi connectivity index (χ1v) is 9.81. The van der Waals surface area contributed by atoms with Crippen molar-refractivity contribution in [2.24, 2.45) is 22.7 Å². The Balaban J connectivity index is 1.50. The highest BCUT2D eigenvalue weighted by atomic mass is 16.3. The first-order chi connectivity index (χ1) is 12.0. The molecule has 0 spiro atoms. The summed E-state index contributed by atoms with van der Waals surface area (Å²) in [7, 11) is 0. The number of rotatable bonds is 1. The summed E-state index contributed by atoms with van der Waals surface area (Å²) in [6.45, 7) is 4.91. The minimum atomic E-state index is -0.120. The van der Waals surface area contributed by atoms with Gasteiger partial charge in [0.2, 0.25) is 0 Å². The fraction of sp³-hybridized carbons (Fsp3) is 0.591. The number of aliphatic hydroxyl groups excluding tert-OH is 1. The van der Waals surface area contributed by atoms with Gasteiger partial charge in [0.15, 0.2) is 0 Å². The number of nitrogens with zero attached hydrogens (tertiary/aromatic N) is 2. The molecule has 1 heterocycles. The minimum Gasteiger partial charge on any atom is -0.393 e. The first-order valence-electron chi connectivity index (χ1n) is 9.81. The van der Waals surface area contributed by atoms with E-state index in [1.165, 1.54) is 24.1 Å². The third-order valence-electron chi connectivity index (χ3n) is 7.87. The minimum absolute atomic E-state index is 0.120. The first kappa shape index (κ1) is 15.6. The van der Waals surface area contributed by atoms with Crippen LogP contribution in [0.1, 0.15) is 52.4 Å². The Kier molecular flexibility index (Phi) is 3.25. The van der Waals surface area contributed by atoms with Crippen LogP contribution in [0.2, 0.25) is 0 Å². The number of aliphatic hydroxyl groups is 1. The number of fused-ring (bicyclic) bond motifs is 5. The average Bonchev–Trinajstić information content (AvgIpc) is 3.22. The van der Waals surface area contributed by atoms with E-state index in [0.29, 0.717) is 11.3 Å². The second-order valence-electron chi connectivity index (χ2n) is 9.01. The van der Waals surface area contributed by atoms with Gasteiger partial charge in [-0.1, -0.05) is 37.1 Å². The molecule has 0 aromatic carbocycles. The van der Waals surface area contributed by atoms with Gasteiger partial charge < -0.3 is 9.67 Å². The number of aromatic nitrogens is 2. The van der Waals surface area contributed by atoms with E-state index in [-0.39, 0.29) is 11.5 Å². The maximum atomic E-state index is 10.1. The Labute approximate surface area is 150 Å². The molecule has 25 heavy (non-hydrogen) atoms. The van der Waals surface area contributed by atoms with Crippen molar-refractivity contribution in [2.45, 2.75) is 58.5 Å². The molecular weight excluding hydrogens is 308 g/mol. The summed E-state index contributed by atoms with van der Waals surface area (Å²) in [5.74, 6) is 1.38. The Morgan fingerprint density at radius 2 is 2.08 bits per heavy atom. The fourth-order valence-electron chi connectivity index (χ4n) is 6.40. The molecule has 132 valence electrons. The van der Waals surface area contributed by atoms with Gasteiger partial charge in [-0.05, 0) is 61.9 Å². The van der Waals surface area contributed by atoms with Crippen molar-refractivity contribution in [1.29, 1.82) is 0 Å². The van der Waals surface area contributed by atoms with Gasteiger partial charge in [0.25, 0.3) is 0 Å². The van der Waals surface area contributed by atoms with E-state index < -0.39 is 0 Å². The van der Waals surface area contributed by atoms with Gasteiger partial charge >= 0.3 is 0 Å². The lowest BCUT2D eigenvalue weighted by Crippen LogP contribution is -2.47. The van der Waals surface area contributed by atoms with Gasteiger partial charge in [-0.3, -0.25) is 0 Å². The van der Waals surface area contributed by atoms with Crippen LogP contribution in [0.3, 0.4) is 0 Å². The van der Waals surface area contributed by atoms with Gasteiger partial charge in [-0.15, -0.1) is 0 Å². The van der Waals surface area contributed by atoms with Crippen LogP contribution >= 0.6 is 0 Å². The molecule has 3 heteroatoms. The van der Waals surface area contributed by atoms with Crippen molar-refractivity contribution in [1.82, 2.24) is 9.55 Å². The van der Waals surface area contributed by atoms with Crippen LogP contribution in [0.25, 0.3) is 5.70 Å². The third-order valence-corrected chi connectivity index (χ3v) is 7.87. The Bertz CT molecular complexity index is 787. The van der Waals surface area contributed by atoms with E-state index in [0.717, 1.165) is 31.6 Å². The molecular formula is C22H28N2O. The van der Waals surface area contributed by atoms with Gasteiger partial charge in [-0.2, -0.15) is 0 Å². The zero-order valence-electron chi connectivity index (χ0n) is 15.3. The predicted octanol–water partition coefficient (Wildman–Crippen LogP) is 4.58. The topological polar surface area (TPSA) is 38.0 Å². The molecule has 4 aliphatic carbocycles. The van der Waals surface area contributed by atoms with Crippen LogP contribution < -0.4 is 0 Å². The molecule has 2 fully saturated rings. The molecule has 1 aromatic heterocycles. The summed E-state index contributed by atoms with van der Waals surface area (Å²) in [5.41, 5.74) is 5.00. The second-order valence-corrected chi connectivity index (χ2v) is 9.01. The molecule has 1 aromatic rings. The normalized spacial score (nSPS) is 42.7. The van der Waals surface area contributed by atoms with E-state index in [9.17, 15) is 5.11 Å². The molecule has 0 aliphatic heterocycles. The van der Waals surface area contributed by atoms with E-state index in [1.54, 1.807) is 5.57 Å². The highest BCUT2D eigenvalue weighted by Crippen LogP contribution is 2.64. The maximum Gasteiger partial charge on any atom is 0.0989 e. The third kappa shape index (κ3) is 2.05. The number of hydrogen-bond acceptors (Lipinski definition) is 2. The monoisotopic (exact) mass is 336 g/mol. The van der Waals surface area contributed by atoms with E-state index in [2.05, 4.69) is 47.8 Å². The quantitative estimate of drug-likeness (QED) is 0.762. The van der Waals surface area contributed by atoms with Crippen LogP contribution in [0.4, 0.5) is 0 Å². The summed E-state index contributed by atoms with van der Waals surface area (Å²) < 4.78 is 2.20. The number of hydrogen-bond donors (Lipinski definition) is 1. The van der Waals surface area contributed by atoms with Crippen LogP contribution in [-0.2, 0) is 0 Å². The van der Waals surface area contributed by atoms with Gasteiger partial charge in [0, 0.05) is 23.5 Å². The molecule has 5 atom stereocenters. The summed E-state index contributed by atoms with van der Waals surface area (Å²) in [5, 5.41) is 10.1. The Morgan fingerprint density at radius 1 is 1.20 bits per heavy atom. The summed E-state index contributed by atoms with van der Waals surface area (Å²) in [4.78, 5) is 4.25. The SMILES string of the molecule is CC12CCC3C(CC=C4CC(O)CCC43C)C1=CC=C2n1ccnc1. The number of allylic oxidation sites excluding steroid dienone is 5. The average molecular weight is 336 g/mol. The molecule has 5 unspecified atom stereocenters. The maximum absolute atomic E-state index is 10.1. The van der Waals surface area contributed by atoms with Crippen molar-refractivity contribution in [2.75, 3.05) is 0 Å². The van der Waals surface area contributed by atoms with Crippen molar-refractivity contribution < 1.29 is 5.11 Å². The fourth-order valence-corrected chi connectivity index (χ4v) is 6.40. The zero-order chi connectivity index (χ0) is 17.2.